The highest BCUT2D eigenvalue weighted by Gasteiger charge is 2.15. The van der Waals surface area contributed by atoms with Crippen LogP contribution in [0, 0.1) is 0 Å². The van der Waals surface area contributed by atoms with Gasteiger partial charge in [-0.2, -0.15) is 8.78 Å². The molecule has 2 N–H and O–H groups in total. The average Bonchev–Trinajstić information content (AvgIpc) is 2.19. The maximum atomic E-state index is 12.0. The van der Waals surface area contributed by atoms with Gasteiger partial charge in [-0.05, 0) is 25.1 Å². The third-order valence-electron chi connectivity index (χ3n) is 1.83. The number of rotatable bonds is 4. The molecule has 1 rings (SSSR count). The zero-order chi connectivity index (χ0) is 11.4. The van der Waals surface area contributed by atoms with Crippen molar-refractivity contribution in [1.29, 1.82) is 0 Å². The number of benzene rings is 1. The molecule has 6 heteroatoms. The molecule has 0 bridgehead atoms. The van der Waals surface area contributed by atoms with E-state index in [0.29, 0.717) is 10.6 Å². The van der Waals surface area contributed by atoms with Crippen molar-refractivity contribution in [1.82, 2.24) is 0 Å². The second-order valence-electron chi connectivity index (χ2n) is 2.84. The summed E-state index contributed by atoms with van der Waals surface area (Å²) in [7, 11) is 0. The topological polar surface area (TPSA) is 44.5 Å². The lowest BCUT2D eigenvalue weighted by molar-refractivity contribution is -0.0524. The van der Waals surface area contributed by atoms with Crippen molar-refractivity contribution in [3.8, 4) is 5.75 Å². The van der Waals surface area contributed by atoms with E-state index in [-0.39, 0.29) is 5.75 Å². The number of hydrogen-bond donors (Lipinski definition) is 1. The third-order valence-corrected chi connectivity index (χ3v) is 2.07. The quantitative estimate of drug-likeness (QED) is 0.819. The van der Waals surface area contributed by atoms with Crippen LogP contribution in [0.3, 0.4) is 0 Å². The van der Waals surface area contributed by atoms with Crippen molar-refractivity contribution >= 4 is 11.6 Å². The molecule has 15 heavy (non-hydrogen) atoms. The van der Waals surface area contributed by atoms with Gasteiger partial charge in [0.05, 0.1) is 0 Å². The van der Waals surface area contributed by atoms with Gasteiger partial charge >= 0.3 is 6.61 Å². The van der Waals surface area contributed by atoms with Gasteiger partial charge in [0.25, 0.3) is 0 Å². The normalized spacial score (nSPS) is 12.9. The van der Waals surface area contributed by atoms with E-state index in [2.05, 4.69) is 9.57 Å². The summed E-state index contributed by atoms with van der Waals surface area (Å²) < 4.78 is 28.4. The first kappa shape index (κ1) is 12.2. The molecule has 1 atom stereocenters. The fraction of sp³-hybridized carbons (Fsp3) is 0.333. The lowest BCUT2D eigenvalue weighted by atomic mass is 10.1. The van der Waals surface area contributed by atoms with Crippen LogP contribution >= 0.6 is 11.6 Å². The summed E-state index contributed by atoms with van der Waals surface area (Å²) in [5, 5.41) is 0.399. The summed E-state index contributed by atoms with van der Waals surface area (Å²) in [6.45, 7) is -1.29. The molecule has 0 amide bonds. The van der Waals surface area contributed by atoms with Crippen LogP contribution in [0.5, 0.6) is 5.75 Å². The van der Waals surface area contributed by atoms with Gasteiger partial charge in [0, 0.05) is 10.6 Å². The molecule has 0 radical (unpaired) electrons. The van der Waals surface area contributed by atoms with Gasteiger partial charge in [-0.1, -0.05) is 11.6 Å². The molecule has 0 aliphatic heterocycles. The van der Waals surface area contributed by atoms with Crippen LogP contribution < -0.4 is 10.6 Å². The van der Waals surface area contributed by atoms with E-state index < -0.39 is 12.7 Å². The van der Waals surface area contributed by atoms with Crippen LogP contribution in [0.1, 0.15) is 18.6 Å². The van der Waals surface area contributed by atoms with Crippen LogP contribution in [-0.2, 0) is 4.84 Å². The van der Waals surface area contributed by atoms with Crippen molar-refractivity contribution in [2.75, 3.05) is 0 Å². The molecule has 0 saturated heterocycles. The number of hydrogen-bond acceptors (Lipinski definition) is 3. The number of ether oxygens (including phenoxy) is 1. The first-order valence-corrected chi connectivity index (χ1v) is 4.52. The van der Waals surface area contributed by atoms with Crippen molar-refractivity contribution < 1.29 is 18.4 Å². The van der Waals surface area contributed by atoms with E-state index in [1.54, 1.807) is 6.92 Å². The number of halogens is 3. The van der Waals surface area contributed by atoms with Gasteiger partial charge in [0.2, 0.25) is 0 Å². The molecule has 0 aliphatic carbocycles. The summed E-state index contributed by atoms with van der Waals surface area (Å²) in [6, 6.07) is 4.27. The molecule has 3 nitrogen and oxygen atoms in total. The SMILES string of the molecule is CC(ON)c1cc(Cl)ccc1OC(F)F. The molecule has 0 spiro atoms. The Hall–Kier alpha value is -0.910. The molecular formula is C9H10ClF2NO2. The second kappa shape index (κ2) is 5.25. The van der Waals surface area contributed by atoms with Gasteiger partial charge in [-0.15, -0.1) is 0 Å². The third kappa shape index (κ3) is 3.30. The smallest absolute Gasteiger partial charge is 0.387 e. The van der Waals surface area contributed by atoms with Gasteiger partial charge in [0.15, 0.2) is 0 Å². The lowest BCUT2D eigenvalue weighted by Crippen LogP contribution is -2.10. The maximum Gasteiger partial charge on any atom is 0.387 e. The predicted octanol–water partition coefficient (Wildman–Crippen LogP) is 2.89. The Morgan fingerprint density at radius 2 is 2.07 bits per heavy atom. The van der Waals surface area contributed by atoms with Gasteiger partial charge in [0.1, 0.15) is 11.9 Å². The van der Waals surface area contributed by atoms with Gasteiger partial charge in [-0.25, -0.2) is 5.90 Å². The Kier molecular flexibility index (Phi) is 4.26. The van der Waals surface area contributed by atoms with Crippen LogP contribution in [0.15, 0.2) is 18.2 Å². The summed E-state index contributed by atoms with van der Waals surface area (Å²) >= 11 is 5.71. The molecule has 0 aromatic heterocycles. The molecular weight excluding hydrogens is 228 g/mol. The van der Waals surface area contributed by atoms with Gasteiger partial charge in [-0.3, -0.25) is 4.84 Å². The Labute approximate surface area is 90.7 Å². The fourth-order valence-corrected chi connectivity index (χ4v) is 1.29. The van der Waals surface area contributed by atoms with E-state index in [0.717, 1.165) is 0 Å². The largest absolute Gasteiger partial charge is 0.434 e. The van der Waals surface area contributed by atoms with E-state index in [1.807, 2.05) is 0 Å². The zero-order valence-corrected chi connectivity index (χ0v) is 8.67. The zero-order valence-electron chi connectivity index (χ0n) is 7.91. The predicted molar refractivity (Wildman–Crippen MR) is 51.8 cm³/mol. The minimum atomic E-state index is -2.89. The molecule has 0 saturated carbocycles. The van der Waals surface area contributed by atoms with Crippen molar-refractivity contribution in [2.24, 2.45) is 5.90 Å². The number of nitrogens with two attached hydrogens (primary N) is 1. The standard InChI is InChI=1S/C9H10ClF2NO2/c1-5(15-13)7-4-6(10)2-3-8(7)14-9(11)12/h2-5,9H,13H2,1H3. The average molecular weight is 238 g/mol. The highest BCUT2D eigenvalue weighted by molar-refractivity contribution is 6.30. The molecule has 84 valence electrons. The maximum absolute atomic E-state index is 12.0. The molecule has 1 aromatic rings. The van der Waals surface area contributed by atoms with Crippen LogP contribution in [0.4, 0.5) is 8.78 Å². The highest BCUT2D eigenvalue weighted by atomic mass is 35.5. The van der Waals surface area contributed by atoms with Crippen molar-refractivity contribution in [3.05, 3.63) is 28.8 Å². The van der Waals surface area contributed by atoms with Crippen LogP contribution in [0.2, 0.25) is 5.02 Å². The van der Waals surface area contributed by atoms with E-state index in [4.69, 9.17) is 17.5 Å². The molecule has 1 aromatic carbocycles. The molecule has 0 aliphatic rings. The highest BCUT2D eigenvalue weighted by Crippen LogP contribution is 2.30. The summed E-state index contributed by atoms with van der Waals surface area (Å²) in [5.74, 6) is 4.97. The van der Waals surface area contributed by atoms with E-state index in [9.17, 15) is 8.78 Å². The molecule has 0 heterocycles. The number of alkyl halides is 2. The minimum absolute atomic E-state index is 0.00681. The summed E-state index contributed by atoms with van der Waals surface area (Å²) in [6.07, 6.45) is -0.572. The summed E-state index contributed by atoms with van der Waals surface area (Å²) in [5.41, 5.74) is 0.380. The molecule has 1 unspecified atom stereocenters. The Bertz CT molecular complexity index is 336. The Morgan fingerprint density at radius 1 is 1.40 bits per heavy atom. The Balaban J connectivity index is 3.02. The van der Waals surface area contributed by atoms with E-state index >= 15 is 0 Å². The van der Waals surface area contributed by atoms with Crippen LogP contribution in [-0.4, -0.2) is 6.61 Å². The van der Waals surface area contributed by atoms with Crippen molar-refractivity contribution in [3.63, 3.8) is 0 Å². The van der Waals surface area contributed by atoms with Crippen molar-refractivity contribution in [2.45, 2.75) is 19.6 Å². The monoisotopic (exact) mass is 237 g/mol. The summed E-state index contributed by atoms with van der Waals surface area (Å²) in [4.78, 5) is 4.53. The Morgan fingerprint density at radius 3 is 2.60 bits per heavy atom. The first-order chi connectivity index (χ1) is 7.04. The second-order valence-corrected chi connectivity index (χ2v) is 3.28. The van der Waals surface area contributed by atoms with Crippen LogP contribution in [0.25, 0.3) is 0 Å². The molecule has 0 fully saturated rings. The minimum Gasteiger partial charge on any atom is -0.434 e. The van der Waals surface area contributed by atoms with E-state index in [1.165, 1.54) is 18.2 Å². The lowest BCUT2D eigenvalue weighted by Gasteiger charge is -2.15. The fourth-order valence-electron chi connectivity index (χ4n) is 1.11. The van der Waals surface area contributed by atoms with Gasteiger partial charge < -0.3 is 4.74 Å². The first-order valence-electron chi connectivity index (χ1n) is 4.14.